The van der Waals surface area contributed by atoms with Crippen LogP contribution in [0.25, 0.3) is 0 Å². The van der Waals surface area contributed by atoms with Crippen LogP contribution in [0.15, 0.2) is 0 Å². The molecule has 4 nitrogen and oxygen atoms in total. The SMILES string of the molecule is O=C(O)N1[C@@H]2CC[C@H]1C[C@H](O)C2. The zero-order valence-corrected chi connectivity index (χ0v) is 6.81. The van der Waals surface area contributed by atoms with Gasteiger partial charge in [-0.2, -0.15) is 0 Å². The van der Waals surface area contributed by atoms with Gasteiger partial charge in [-0.15, -0.1) is 0 Å². The zero-order chi connectivity index (χ0) is 8.72. The molecule has 0 aromatic rings. The fourth-order valence-electron chi connectivity index (χ4n) is 2.46. The van der Waals surface area contributed by atoms with Gasteiger partial charge in [-0.05, 0) is 25.7 Å². The van der Waals surface area contributed by atoms with Gasteiger partial charge in [0.2, 0.25) is 0 Å². The lowest BCUT2D eigenvalue weighted by molar-refractivity contribution is 0.0382. The van der Waals surface area contributed by atoms with Gasteiger partial charge in [0.25, 0.3) is 0 Å². The Morgan fingerprint density at radius 2 is 1.75 bits per heavy atom. The first-order valence-electron chi connectivity index (χ1n) is 4.38. The Morgan fingerprint density at radius 3 is 2.17 bits per heavy atom. The molecule has 2 bridgehead atoms. The van der Waals surface area contributed by atoms with Crippen molar-refractivity contribution < 1.29 is 15.0 Å². The van der Waals surface area contributed by atoms with Crippen molar-refractivity contribution in [3.8, 4) is 0 Å². The highest BCUT2D eigenvalue weighted by Crippen LogP contribution is 2.35. The Hall–Kier alpha value is -0.770. The molecule has 0 saturated carbocycles. The molecule has 2 aliphatic heterocycles. The second-order valence-corrected chi connectivity index (χ2v) is 3.70. The van der Waals surface area contributed by atoms with E-state index in [9.17, 15) is 9.90 Å². The van der Waals surface area contributed by atoms with Crippen LogP contribution in [0.2, 0.25) is 0 Å². The van der Waals surface area contributed by atoms with Gasteiger partial charge < -0.3 is 15.1 Å². The molecule has 0 radical (unpaired) electrons. The van der Waals surface area contributed by atoms with E-state index < -0.39 is 6.09 Å². The van der Waals surface area contributed by atoms with Crippen LogP contribution in [0.1, 0.15) is 25.7 Å². The van der Waals surface area contributed by atoms with E-state index in [-0.39, 0.29) is 18.2 Å². The third-order valence-electron chi connectivity index (χ3n) is 2.93. The van der Waals surface area contributed by atoms with E-state index in [1.807, 2.05) is 0 Å². The minimum atomic E-state index is -0.825. The van der Waals surface area contributed by atoms with E-state index in [1.54, 1.807) is 0 Å². The van der Waals surface area contributed by atoms with E-state index in [4.69, 9.17) is 5.11 Å². The van der Waals surface area contributed by atoms with Gasteiger partial charge in [-0.1, -0.05) is 0 Å². The number of carbonyl (C=O) groups is 1. The molecule has 0 aromatic heterocycles. The molecule has 4 heteroatoms. The molecule has 3 atom stereocenters. The van der Waals surface area contributed by atoms with Crippen molar-refractivity contribution in [3.63, 3.8) is 0 Å². The Morgan fingerprint density at radius 1 is 1.25 bits per heavy atom. The van der Waals surface area contributed by atoms with Crippen molar-refractivity contribution in [3.05, 3.63) is 0 Å². The van der Waals surface area contributed by atoms with Crippen molar-refractivity contribution >= 4 is 6.09 Å². The summed E-state index contributed by atoms with van der Waals surface area (Å²) >= 11 is 0. The molecule has 12 heavy (non-hydrogen) atoms. The van der Waals surface area contributed by atoms with Gasteiger partial charge in [0.05, 0.1) is 6.10 Å². The highest BCUT2D eigenvalue weighted by Gasteiger charge is 2.42. The Balaban J connectivity index is 2.14. The zero-order valence-electron chi connectivity index (χ0n) is 6.81. The number of nitrogens with zero attached hydrogens (tertiary/aromatic N) is 1. The second kappa shape index (κ2) is 2.62. The topological polar surface area (TPSA) is 60.8 Å². The van der Waals surface area contributed by atoms with Crippen molar-refractivity contribution in [2.24, 2.45) is 0 Å². The van der Waals surface area contributed by atoms with Crippen LogP contribution in [-0.2, 0) is 0 Å². The molecule has 2 heterocycles. The minimum Gasteiger partial charge on any atom is -0.465 e. The summed E-state index contributed by atoms with van der Waals surface area (Å²) in [5.41, 5.74) is 0. The predicted octanol–water partition coefficient (Wildman–Crippen LogP) is 0.652. The molecular formula is C8H13NO3. The molecule has 2 fully saturated rings. The Bertz CT molecular complexity index is 192. The average molecular weight is 171 g/mol. The fourth-order valence-corrected chi connectivity index (χ4v) is 2.46. The lowest BCUT2D eigenvalue weighted by Crippen LogP contribution is -2.47. The summed E-state index contributed by atoms with van der Waals surface area (Å²) in [6, 6.07) is 0.160. The monoisotopic (exact) mass is 171 g/mol. The summed E-state index contributed by atoms with van der Waals surface area (Å²) in [5.74, 6) is 0. The van der Waals surface area contributed by atoms with Gasteiger partial charge in [0.15, 0.2) is 0 Å². The number of hydrogen-bond acceptors (Lipinski definition) is 2. The standard InChI is InChI=1S/C8H13NO3/c10-7-3-5-1-2-6(4-7)9(5)8(11)12/h5-7,10H,1-4H2,(H,11,12)/t5-,6+,7-. The minimum absolute atomic E-state index is 0.0799. The Kier molecular flexibility index (Phi) is 1.72. The molecule has 0 spiro atoms. The number of amides is 1. The van der Waals surface area contributed by atoms with Crippen LogP contribution in [0.5, 0.6) is 0 Å². The third-order valence-corrected chi connectivity index (χ3v) is 2.93. The molecule has 2 N–H and O–H groups in total. The predicted molar refractivity (Wildman–Crippen MR) is 41.9 cm³/mol. The van der Waals surface area contributed by atoms with Gasteiger partial charge in [-0.3, -0.25) is 0 Å². The van der Waals surface area contributed by atoms with Crippen LogP contribution in [-0.4, -0.2) is 39.4 Å². The van der Waals surface area contributed by atoms with Gasteiger partial charge >= 0.3 is 6.09 Å². The average Bonchev–Trinajstić information content (AvgIpc) is 2.24. The van der Waals surface area contributed by atoms with E-state index in [1.165, 1.54) is 4.90 Å². The normalized spacial score (nSPS) is 40.1. The molecule has 2 aliphatic rings. The molecule has 1 amide bonds. The van der Waals surface area contributed by atoms with Crippen molar-refractivity contribution in [1.82, 2.24) is 4.90 Å². The van der Waals surface area contributed by atoms with Crippen molar-refractivity contribution in [2.45, 2.75) is 43.9 Å². The molecule has 2 saturated heterocycles. The van der Waals surface area contributed by atoms with E-state index >= 15 is 0 Å². The summed E-state index contributed by atoms with van der Waals surface area (Å²) < 4.78 is 0. The first-order chi connectivity index (χ1) is 5.68. The highest BCUT2D eigenvalue weighted by molar-refractivity contribution is 5.66. The maximum absolute atomic E-state index is 10.8. The van der Waals surface area contributed by atoms with Gasteiger partial charge in [0.1, 0.15) is 0 Å². The van der Waals surface area contributed by atoms with Crippen LogP contribution >= 0.6 is 0 Å². The lowest BCUT2D eigenvalue weighted by Gasteiger charge is -2.34. The fraction of sp³-hybridized carbons (Fsp3) is 0.875. The number of aliphatic hydroxyl groups is 1. The Labute approximate surface area is 70.8 Å². The lowest BCUT2D eigenvalue weighted by atomic mass is 10.0. The largest absolute Gasteiger partial charge is 0.465 e. The number of hydrogen-bond donors (Lipinski definition) is 2. The first kappa shape index (κ1) is 7.86. The number of carboxylic acid groups (broad SMARTS) is 1. The summed E-state index contributed by atoms with van der Waals surface area (Å²) in [6.45, 7) is 0. The van der Waals surface area contributed by atoms with Crippen LogP contribution in [0.3, 0.4) is 0 Å². The second-order valence-electron chi connectivity index (χ2n) is 3.70. The maximum atomic E-state index is 10.8. The van der Waals surface area contributed by atoms with E-state index in [2.05, 4.69) is 0 Å². The smallest absolute Gasteiger partial charge is 0.407 e. The summed E-state index contributed by atoms with van der Waals surface area (Å²) in [7, 11) is 0. The van der Waals surface area contributed by atoms with Crippen molar-refractivity contribution in [2.75, 3.05) is 0 Å². The van der Waals surface area contributed by atoms with E-state index in [0.29, 0.717) is 12.8 Å². The van der Waals surface area contributed by atoms with Gasteiger partial charge in [0, 0.05) is 12.1 Å². The number of piperidine rings is 1. The molecule has 0 unspecified atom stereocenters. The summed E-state index contributed by atoms with van der Waals surface area (Å²) in [4.78, 5) is 12.3. The first-order valence-corrected chi connectivity index (χ1v) is 4.38. The third kappa shape index (κ3) is 1.06. The molecule has 0 aromatic carbocycles. The molecule has 68 valence electrons. The molecule has 2 rings (SSSR count). The summed E-state index contributed by atoms with van der Waals surface area (Å²) in [6.07, 6.45) is 2.00. The molecule has 0 aliphatic carbocycles. The van der Waals surface area contributed by atoms with Crippen LogP contribution in [0, 0.1) is 0 Å². The maximum Gasteiger partial charge on any atom is 0.407 e. The number of rotatable bonds is 0. The van der Waals surface area contributed by atoms with Crippen molar-refractivity contribution in [1.29, 1.82) is 0 Å². The van der Waals surface area contributed by atoms with Crippen LogP contribution < -0.4 is 0 Å². The summed E-state index contributed by atoms with van der Waals surface area (Å²) in [5, 5.41) is 18.2. The van der Waals surface area contributed by atoms with Crippen LogP contribution in [0.4, 0.5) is 4.79 Å². The molecular weight excluding hydrogens is 158 g/mol. The number of fused-ring (bicyclic) bond motifs is 2. The number of aliphatic hydroxyl groups excluding tert-OH is 1. The quantitative estimate of drug-likeness (QED) is 0.562. The highest BCUT2D eigenvalue weighted by atomic mass is 16.4. The van der Waals surface area contributed by atoms with E-state index in [0.717, 1.165) is 12.8 Å². The van der Waals surface area contributed by atoms with Gasteiger partial charge in [-0.25, -0.2) is 4.79 Å².